The monoisotopic (exact) mass is 252 g/mol. The van der Waals surface area contributed by atoms with Crippen molar-refractivity contribution in [1.29, 1.82) is 0 Å². The highest BCUT2D eigenvalue weighted by Crippen LogP contribution is 2.26. The van der Waals surface area contributed by atoms with Crippen LogP contribution < -0.4 is 10.6 Å². The van der Waals surface area contributed by atoms with Crippen molar-refractivity contribution in [2.24, 2.45) is 5.92 Å². The first kappa shape index (κ1) is 12.4. The third kappa shape index (κ3) is 2.79. The van der Waals surface area contributed by atoms with Gasteiger partial charge in [-0.1, -0.05) is 25.4 Å². The van der Waals surface area contributed by atoms with Crippen LogP contribution >= 0.6 is 11.6 Å². The molecule has 0 bridgehead atoms. The van der Waals surface area contributed by atoms with Crippen LogP contribution in [0.15, 0.2) is 12.1 Å². The van der Waals surface area contributed by atoms with Gasteiger partial charge in [0.15, 0.2) is 0 Å². The normalized spacial score (nSPS) is 14.0. The van der Waals surface area contributed by atoms with Crippen LogP contribution in [0, 0.1) is 5.92 Å². The SMILES string of the molecule is CC(C)CNCc1cc(Cl)c2c(c1)C(=O)NC2. The van der Waals surface area contributed by atoms with Crippen LogP contribution in [-0.2, 0) is 13.1 Å². The Morgan fingerprint density at radius 2 is 2.24 bits per heavy atom. The van der Waals surface area contributed by atoms with Crippen LogP contribution in [0.25, 0.3) is 0 Å². The molecule has 0 saturated carbocycles. The number of rotatable bonds is 4. The van der Waals surface area contributed by atoms with Gasteiger partial charge in [-0.2, -0.15) is 0 Å². The highest BCUT2D eigenvalue weighted by Gasteiger charge is 2.21. The Kier molecular flexibility index (Phi) is 3.69. The molecule has 1 aromatic rings. The van der Waals surface area contributed by atoms with Crippen molar-refractivity contribution in [2.45, 2.75) is 26.9 Å². The molecular formula is C13H17ClN2O. The summed E-state index contributed by atoms with van der Waals surface area (Å²) in [4.78, 5) is 11.6. The third-order valence-corrected chi connectivity index (χ3v) is 3.14. The van der Waals surface area contributed by atoms with Crippen molar-refractivity contribution in [3.8, 4) is 0 Å². The van der Waals surface area contributed by atoms with Gasteiger partial charge in [-0.3, -0.25) is 4.79 Å². The molecule has 1 heterocycles. The Hall–Kier alpha value is -1.06. The molecule has 1 amide bonds. The van der Waals surface area contributed by atoms with Gasteiger partial charge in [0.1, 0.15) is 0 Å². The topological polar surface area (TPSA) is 41.1 Å². The zero-order chi connectivity index (χ0) is 12.4. The number of hydrogen-bond donors (Lipinski definition) is 2. The summed E-state index contributed by atoms with van der Waals surface area (Å²) >= 11 is 6.16. The summed E-state index contributed by atoms with van der Waals surface area (Å²) in [6, 6.07) is 3.87. The number of nitrogens with one attached hydrogen (secondary N) is 2. The molecule has 0 unspecified atom stereocenters. The number of hydrogen-bond acceptors (Lipinski definition) is 2. The van der Waals surface area contributed by atoms with E-state index in [-0.39, 0.29) is 5.91 Å². The quantitative estimate of drug-likeness (QED) is 0.864. The smallest absolute Gasteiger partial charge is 0.251 e. The maximum absolute atomic E-state index is 11.6. The summed E-state index contributed by atoms with van der Waals surface area (Å²) in [6.07, 6.45) is 0. The molecule has 0 aromatic heterocycles. The average molecular weight is 253 g/mol. The zero-order valence-corrected chi connectivity index (χ0v) is 10.9. The molecule has 17 heavy (non-hydrogen) atoms. The van der Waals surface area contributed by atoms with Gasteiger partial charge in [-0.15, -0.1) is 0 Å². The van der Waals surface area contributed by atoms with Gasteiger partial charge in [0, 0.05) is 29.2 Å². The average Bonchev–Trinajstić information content (AvgIpc) is 2.61. The van der Waals surface area contributed by atoms with E-state index in [4.69, 9.17) is 11.6 Å². The summed E-state index contributed by atoms with van der Waals surface area (Å²) in [5.74, 6) is 0.593. The van der Waals surface area contributed by atoms with E-state index in [2.05, 4.69) is 24.5 Å². The molecule has 1 aromatic carbocycles. The van der Waals surface area contributed by atoms with Gasteiger partial charge >= 0.3 is 0 Å². The van der Waals surface area contributed by atoms with Crippen LogP contribution in [0.1, 0.15) is 35.3 Å². The number of halogens is 1. The number of amides is 1. The third-order valence-electron chi connectivity index (χ3n) is 2.81. The van der Waals surface area contributed by atoms with E-state index in [0.717, 1.165) is 29.8 Å². The van der Waals surface area contributed by atoms with Crippen LogP contribution in [0.3, 0.4) is 0 Å². The van der Waals surface area contributed by atoms with Crippen LogP contribution in [0.4, 0.5) is 0 Å². The molecule has 1 aliphatic rings. The lowest BCUT2D eigenvalue weighted by atomic mass is 10.1. The second-order valence-corrected chi connectivity index (χ2v) is 5.22. The molecule has 3 nitrogen and oxygen atoms in total. The van der Waals surface area contributed by atoms with Crippen molar-refractivity contribution in [3.05, 3.63) is 33.8 Å². The summed E-state index contributed by atoms with van der Waals surface area (Å²) in [7, 11) is 0. The maximum atomic E-state index is 11.6. The zero-order valence-electron chi connectivity index (χ0n) is 10.1. The van der Waals surface area contributed by atoms with Crippen LogP contribution in [-0.4, -0.2) is 12.5 Å². The van der Waals surface area contributed by atoms with Crippen molar-refractivity contribution >= 4 is 17.5 Å². The molecule has 1 aliphatic heterocycles. The van der Waals surface area contributed by atoms with E-state index >= 15 is 0 Å². The van der Waals surface area contributed by atoms with Crippen molar-refractivity contribution in [2.75, 3.05) is 6.54 Å². The lowest BCUT2D eigenvalue weighted by molar-refractivity contribution is 0.0965. The van der Waals surface area contributed by atoms with Gasteiger partial charge in [0.25, 0.3) is 5.91 Å². The first-order chi connectivity index (χ1) is 8.08. The Bertz CT molecular complexity index is 443. The fourth-order valence-corrected chi connectivity index (χ4v) is 2.25. The minimum absolute atomic E-state index is 0.0207. The molecule has 0 radical (unpaired) electrons. The molecular weight excluding hydrogens is 236 g/mol. The molecule has 4 heteroatoms. The van der Waals surface area contributed by atoms with E-state index in [9.17, 15) is 4.79 Å². The lowest BCUT2D eigenvalue weighted by Crippen LogP contribution is -2.19. The van der Waals surface area contributed by atoms with E-state index in [1.165, 1.54) is 0 Å². The predicted molar refractivity (Wildman–Crippen MR) is 69.2 cm³/mol. The summed E-state index contributed by atoms with van der Waals surface area (Å²) in [5, 5.41) is 6.81. The minimum Gasteiger partial charge on any atom is -0.348 e. The van der Waals surface area contributed by atoms with Crippen molar-refractivity contribution < 1.29 is 4.79 Å². The number of fused-ring (bicyclic) bond motifs is 1. The van der Waals surface area contributed by atoms with Gasteiger partial charge in [-0.05, 0) is 30.2 Å². The highest BCUT2D eigenvalue weighted by atomic mass is 35.5. The van der Waals surface area contributed by atoms with Crippen molar-refractivity contribution in [1.82, 2.24) is 10.6 Å². The Balaban J connectivity index is 2.12. The first-order valence-electron chi connectivity index (χ1n) is 5.88. The predicted octanol–water partition coefficient (Wildman–Crippen LogP) is 2.33. The van der Waals surface area contributed by atoms with Crippen LogP contribution in [0.5, 0.6) is 0 Å². The van der Waals surface area contributed by atoms with Gasteiger partial charge in [0.2, 0.25) is 0 Å². The second-order valence-electron chi connectivity index (χ2n) is 4.81. The molecule has 2 rings (SSSR count). The number of benzene rings is 1. The second kappa shape index (κ2) is 5.07. The van der Waals surface area contributed by atoms with E-state index in [1.54, 1.807) is 0 Å². The Morgan fingerprint density at radius 1 is 1.47 bits per heavy atom. The maximum Gasteiger partial charge on any atom is 0.251 e. The summed E-state index contributed by atoms with van der Waals surface area (Å²) in [6.45, 7) is 6.58. The van der Waals surface area contributed by atoms with Gasteiger partial charge in [-0.25, -0.2) is 0 Å². The van der Waals surface area contributed by atoms with Gasteiger partial charge < -0.3 is 10.6 Å². The highest BCUT2D eigenvalue weighted by molar-refractivity contribution is 6.32. The number of carbonyl (C=O) groups is 1. The summed E-state index contributed by atoms with van der Waals surface area (Å²) in [5.41, 5.74) is 2.70. The standard InChI is InChI=1S/C13H17ClN2O/c1-8(2)5-15-6-9-3-10-11(12(14)4-9)7-16-13(10)17/h3-4,8,15H,5-7H2,1-2H3,(H,16,17). The fraction of sp³-hybridized carbons (Fsp3) is 0.462. The summed E-state index contributed by atoms with van der Waals surface area (Å²) < 4.78 is 0. The molecule has 0 fully saturated rings. The largest absolute Gasteiger partial charge is 0.348 e. The molecule has 0 atom stereocenters. The molecule has 92 valence electrons. The number of carbonyl (C=O) groups excluding carboxylic acids is 1. The Labute approximate surface area is 107 Å². The minimum atomic E-state index is -0.0207. The molecule has 0 saturated heterocycles. The molecule has 0 spiro atoms. The van der Waals surface area contributed by atoms with E-state index in [1.807, 2.05) is 12.1 Å². The van der Waals surface area contributed by atoms with Crippen LogP contribution in [0.2, 0.25) is 5.02 Å². The lowest BCUT2D eigenvalue weighted by Gasteiger charge is -2.09. The van der Waals surface area contributed by atoms with Gasteiger partial charge in [0.05, 0.1) is 0 Å². The van der Waals surface area contributed by atoms with E-state index < -0.39 is 0 Å². The first-order valence-corrected chi connectivity index (χ1v) is 6.26. The van der Waals surface area contributed by atoms with E-state index in [0.29, 0.717) is 17.5 Å². The molecule has 2 N–H and O–H groups in total. The fourth-order valence-electron chi connectivity index (χ4n) is 1.95. The molecule has 0 aliphatic carbocycles. The van der Waals surface area contributed by atoms with Crippen molar-refractivity contribution in [3.63, 3.8) is 0 Å². The Morgan fingerprint density at radius 3 is 2.94 bits per heavy atom.